The molecule has 0 aliphatic heterocycles. The quantitative estimate of drug-likeness (QED) is 0.798. The predicted octanol–water partition coefficient (Wildman–Crippen LogP) is 4.30. The van der Waals surface area contributed by atoms with Crippen LogP contribution in [0.5, 0.6) is 0 Å². The van der Waals surface area contributed by atoms with Crippen LogP contribution in [0.2, 0.25) is 0 Å². The molecule has 0 aliphatic carbocycles. The average Bonchev–Trinajstić information content (AvgIpc) is 3.00. The minimum absolute atomic E-state index is 0.0334. The van der Waals surface area contributed by atoms with E-state index in [1.165, 1.54) is 11.1 Å². The first-order valence-corrected chi connectivity index (χ1v) is 8.10. The standard InChI is InChI=1S/C18H24N2O2S/c1-13-10-14(2)12-16(11-13)19-18(23)20(7-9-21-4)15(3)17-6-5-8-22-17/h5-6,8,10-12,15H,7,9H2,1-4H3,(H,19,23)/t15-/m0/s1. The van der Waals surface area contributed by atoms with Crippen LogP contribution >= 0.6 is 12.2 Å². The first kappa shape index (κ1) is 17.5. The number of hydrogen-bond donors (Lipinski definition) is 1. The molecule has 1 atom stereocenters. The molecule has 0 bridgehead atoms. The molecule has 1 aromatic carbocycles. The lowest BCUT2D eigenvalue weighted by Gasteiger charge is -2.30. The summed E-state index contributed by atoms with van der Waals surface area (Å²) in [6, 6.07) is 10.2. The second-order valence-electron chi connectivity index (χ2n) is 5.68. The molecule has 1 N–H and O–H groups in total. The minimum atomic E-state index is 0.0334. The average molecular weight is 332 g/mol. The highest BCUT2D eigenvalue weighted by atomic mass is 32.1. The van der Waals surface area contributed by atoms with E-state index in [4.69, 9.17) is 21.4 Å². The number of anilines is 1. The van der Waals surface area contributed by atoms with E-state index >= 15 is 0 Å². The van der Waals surface area contributed by atoms with Gasteiger partial charge < -0.3 is 19.4 Å². The van der Waals surface area contributed by atoms with Crippen molar-refractivity contribution in [1.82, 2.24) is 4.90 Å². The zero-order valence-corrected chi connectivity index (χ0v) is 14.9. The molecular weight excluding hydrogens is 308 g/mol. The van der Waals surface area contributed by atoms with E-state index in [0.717, 1.165) is 11.4 Å². The highest BCUT2D eigenvalue weighted by Crippen LogP contribution is 2.22. The molecule has 0 aliphatic rings. The summed E-state index contributed by atoms with van der Waals surface area (Å²) < 4.78 is 10.7. The first-order valence-electron chi connectivity index (χ1n) is 7.69. The Balaban J connectivity index is 2.15. The number of benzene rings is 1. The number of methoxy groups -OCH3 is 1. The number of nitrogens with one attached hydrogen (secondary N) is 1. The third-order valence-electron chi connectivity index (χ3n) is 3.69. The normalized spacial score (nSPS) is 12.0. The maximum Gasteiger partial charge on any atom is 0.174 e. The molecule has 2 rings (SSSR count). The second kappa shape index (κ2) is 8.13. The van der Waals surface area contributed by atoms with Gasteiger partial charge in [-0.25, -0.2) is 0 Å². The Bertz CT molecular complexity index is 620. The fourth-order valence-corrected chi connectivity index (χ4v) is 2.95. The van der Waals surface area contributed by atoms with Gasteiger partial charge in [0.1, 0.15) is 5.76 Å². The van der Waals surface area contributed by atoms with Crippen molar-refractivity contribution in [3.8, 4) is 0 Å². The van der Waals surface area contributed by atoms with Crippen LogP contribution in [-0.4, -0.2) is 30.3 Å². The molecule has 1 heterocycles. The van der Waals surface area contributed by atoms with E-state index in [1.807, 2.05) is 12.1 Å². The molecule has 0 radical (unpaired) electrons. The van der Waals surface area contributed by atoms with Gasteiger partial charge in [-0.05, 0) is 68.4 Å². The maximum atomic E-state index is 5.63. The number of nitrogens with zero attached hydrogens (tertiary/aromatic N) is 1. The molecule has 23 heavy (non-hydrogen) atoms. The molecular formula is C18H24N2O2S. The molecule has 0 unspecified atom stereocenters. The largest absolute Gasteiger partial charge is 0.467 e. The summed E-state index contributed by atoms with van der Waals surface area (Å²) in [5, 5.41) is 4.00. The summed E-state index contributed by atoms with van der Waals surface area (Å²) in [4.78, 5) is 2.08. The van der Waals surface area contributed by atoms with Crippen LogP contribution in [-0.2, 0) is 4.74 Å². The lowest BCUT2D eigenvalue weighted by atomic mass is 10.1. The number of hydrogen-bond acceptors (Lipinski definition) is 3. The highest BCUT2D eigenvalue weighted by Gasteiger charge is 2.20. The Hall–Kier alpha value is -1.85. The third kappa shape index (κ3) is 4.81. The monoisotopic (exact) mass is 332 g/mol. The van der Waals surface area contributed by atoms with Gasteiger partial charge >= 0.3 is 0 Å². The zero-order valence-electron chi connectivity index (χ0n) is 14.1. The van der Waals surface area contributed by atoms with E-state index in [9.17, 15) is 0 Å². The van der Waals surface area contributed by atoms with Crippen molar-refractivity contribution in [2.24, 2.45) is 0 Å². The van der Waals surface area contributed by atoms with Crippen molar-refractivity contribution in [2.45, 2.75) is 26.8 Å². The zero-order chi connectivity index (χ0) is 16.8. The summed E-state index contributed by atoms with van der Waals surface area (Å²) in [7, 11) is 1.69. The van der Waals surface area contributed by atoms with Gasteiger partial charge in [0, 0.05) is 19.3 Å². The van der Waals surface area contributed by atoms with Crippen LogP contribution in [0.25, 0.3) is 0 Å². The number of aryl methyl sites for hydroxylation is 2. The lowest BCUT2D eigenvalue weighted by molar-refractivity contribution is 0.160. The number of rotatable bonds is 6. The minimum Gasteiger partial charge on any atom is -0.467 e. The van der Waals surface area contributed by atoms with Gasteiger partial charge in [-0.3, -0.25) is 0 Å². The summed E-state index contributed by atoms with van der Waals surface area (Å²) in [6.45, 7) is 7.52. The van der Waals surface area contributed by atoms with Crippen LogP contribution in [0.3, 0.4) is 0 Å². The van der Waals surface area contributed by atoms with Gasteiger partial charge in [0.05, 0.1) is 18.9 Å². The highest BCUT2D eigenvalue weighted by molar-refractivity contribution is 7.80. The number of thiocarbonyl (C=S) groups is 1. The molecule has 0 saturated heterocycles. The second-order valence-corrected chi connectivity index (χ2v) is 6.07. The Labute approximate surface area is 143 Å². The van der Waals surface area contributed by atoms with Crippen molar-refractivity contribution >= 4 is 23.0 Å². The molecule has 1 aromatic heterocycles. The summed E-state index contributed by atoms with van der Waals surface area (Å²) >= 11 is 5.63. The van der Waals surface area contributed by atoms with Crippen molar-refractivity contribution in [2.75, 3.05) is 25.6 Å². The molecule has 0 fully saturated rings. The smallest absolute Gasteiger partial charge is 0.174 e. The summed E-state index contributed by atoms with van der Waals surface area (Å²) in [6.07, 6.45) is 1.68. The fourth-order valence-electron chi connectivity index (χ4n) is 2.59. The lowest BCUT2D eigenvalue weighted by Crippen LogP contribution is -2.39. The van der Waals surface area contributed by atoms with Gasteiger partial charge in [0.25, 0.3) is 0 Å². The Kier molecular flexibility index (Phi) is 6.19. The first-order chi connectivity index (χ1) is 11.0. The van der Waals surface area contributed by atoms with E-state index in [2.05, 4.69) is 49.2 Å². The molecule has 2 aromatic rings. The van der Waals surface area contributed by atoms with Crippen molar-refractivity contribution in [1.29, 1.82) is 0 Å². The Morgan fingerprint density at radius 2 is 2.00 bits per heavy atom. The number of furan rings is 1. The Morgan fingerprint density at radius 3 is 2.57 bits per heavy atom. The number of ether oxygens (including phenoxy) is 1. The Morgan fingerprint density at radius 1 is 1.30 bits per heavy atom. The van der Waals surface area contributed by atoms with Crippen LogP contribution in [0, 0.1) is 13.8 Å². The van der Waals surface area contributed by atoms with E-state index in [1.54, 1.807) is 13.4 Å². The molecule has 0 spiro atoms. The van der Waals surface area contributed by atoms with Crippen LogP contribution < -0.4 is 5.32 Å². The van der Waals surface area contributed by atoms with Gasteiger partial charge in [-0.1, -0.05) is 6.07 Å². The van der Waals surface area contributed by atoms with E-state index in [-0.39, 0.29) is 6.04 Å². The molecule has 0 amide bonds. The van der Waals surface area contributed by atoms with E-state index < -0.39 is 0 Å². The molecule has 4 nitrogen and oxygen atoms in total. The molecule has 124 valence electrons. The summed E-state index contributed by atoms with van der Waals surface area (Å²) in [5.74, 6) is 0.880. The van der Waals surface area contributed by atoms with Crippen LogP contribution in [0.4, 0.5) is 5.69 Å². The van der Waals surface area contributed by atoms with Crippen molar-refractivity contribution in [3.63, 3.8) is 0 Å². The van der Waals surface area contributed by atoms with Gasteiger partial charge in [0.2, 0.25) is 0 Å². The molecule has 0 saturated carbocycles. The van der Waals surface area contributed by atoms with E-state index in [0.29, 0.717) is 18.3 Å². The van der Waals surface area contributed by atoms with Crippen molar-refractivity contribution in [3.05, 3.63) is 53.5 Å². The van der Waals surface area contributed by atoms with Crippen LogP contribution in [0.15, 0.2) is 41.0 Å². The predicted molar refractivity (Wildman–Crippen MR) is 97.8 cm³/mol. The fraction of sp³-hybridized carbons (Fsp3) is 0.389. The SMILES string of the molecule is COCCN(C(=S)Nc1cc(C)cc(C)c1)[C@@H](C)c1ccco1. The van der Waals surface area contributed by atoms with Crippen molar-refractivity contribution < 1.29 is 9.15 Å². The van der Waals surface area contributed by atoms with Crippen LogP contribution in [0.1, 0.15) is 29.9 Å². The van der Waals surface area contributed by atoms with Gasteiger partial charge in [-0.15, -0.1) is 0 Å². The third-order valence-corrected chi connectivity index (χ3v) is 4.03. The summed E-state index contributed by atoms with van der Waals surface area (Å²) in [5.41, 5.74) is 3.41. The van der Waals surface area contributed by atoms with Gasteiger partial charge in [0.15, 0.2) is 5.11 Å². The maximum absolute atomic E-state index is 5.63. The topological polar surface area (TPSA) is 37.6 Å². The van der Waals surface area contributed by atoms with Gasteiger partial charge in [-0.2, -0.15) is 0 Å². The molecule has 5 heteroatoms.